The summed E-state index contributed by atoms with van der Waals surface area (Å²) in [5, 5.41) is 10.3. The number of H-pyrrole nitrogens is 1. The molecule has 6 nitrogen and oxygen atoms in total. The van der Waals surface area contributed by atoms with E-state index in [1.807, 2.05) is 24.3 Å². The maximum atomic E-state index is 13.3. The zero-order chi connectivity index (χ0) is 20.3. The first-order chi connectivity index (χ1) is 14.8. The van der Waals surface area contributed by atoms with E-state index in [9.17, 15) is 4.79 Å². The van der Waals surface area contributed by atoms with Gasteiger partial charge in [0.15, 0.2) is 5.65 Å². The summed E-state index contributed by atoms with van der Waals surface area (Å²) < 4.78 is 0. The van der Waals surface area contributed by atoms with Crippen molar-refractivity contribution in [2.45, 2.75) is 81.4 Å². The van der Waals surface area contributed by atoms with Crippen LogP contribution < -0.4 is 0 Å². The van der Waals surface area contributed by atoms with Gasteiger partial charge in [-0.1, -0.05) is 68.5 Å². The van der Waals surface area contributed by atoms with Crippen molar-refractivity contribution in [2.75, 3.05) is 5.75 Å². The Morgan fingerprint density at radius 3 is 2.33 bits per heavy atom. The molecule has 1 aromatic carbocycles. The number of carbonyl (C=O) groups is 1. The number of hydrogen-bond acceptors (Lipinski definition) is 5. The molecule has 2 aliphatic rings. The van der Waals surface area contributed by atoms with E-state index in [-0.39, 0.29) is 5.91 Å². The number of aromatic amines is 1. The summed E-state index contributed by atoms with van der Waals surface area (Å²) in [4.78, 5) is 23.5. The maximum absolute atomic E-state index is 13.3. The zero-order valence-electron chi connectivity index (χ0n) is 17.3. The van der Waals surface area contributed by atoms with Gasteiger partial charge in [-0.15, -0.1) is 10.2 Å². The Hall–Kier alpha value is -2.15. The summed E-state index contributed by atoms with van der Waals surface area (Å²) in [5.74, 6) is 0.639. The van der Waals surface area contributed by atoms with E-state index < -0.39 is 0 Å². The summed E-state index contributed by atoms with van der Waals surface area (Å²) in [7, 11) is 0. The molecule has 0 aliphatic heterocycles. The van der Waals surface area contributed by atoms with Crippen LogP contribution in [0, 0.1) is 0 Å². The molecule has 1 amide bonds. The van der Waals surface area contributed by atoms with Crippen LogP contribution in [0.25, 0.3) is 22.1 Å². The molecule has 0 radical (unpaired) electrons. The highest BCUT2D eigenvalue weighted by Gasteiger charge is 2.32. The van der Waals surface area contributed by atoms with Crippen molar-refractivity contribution in [1.82, 2.24) is 25.1 Å². The van der Waals surface area contributed by atoms with Crippen molar-refractivity contribution in [2.24, 2.45) is 0 Å². The molecule has 0 spiro atoms. The van der Waals surface area contributed by atoms with Crippen LogP contribution in [0.5, 0.6) is 0 Å². The number of benzene rings is 1. The van der Waals surface area contributed by atoms with Crippen molar-refractivity contribution in [3.63, 3.8) is 0 Å². The lowest BCUT2D eigenvalue weighted by Crippen LogP contribution is -2.49. The average molecular weight is 424 g/mol. The molecule has 0 atom stereocenters. The van der Waals surface area contributed by atoms with Gasteiger partial charge in [-0.25, -0.2) is 4.98 Å². The topological polar surface area (TPSA) is 74.8 Å². The first-order valence-corrected chi connectivity index (χ1v) is 12.3. The second-order valence-corrected chi connectivity index (χ2v) is 9.58. The van der Waals surface area contributed by atoms with Crippen LogP contribution in [-0.2, 0) is 4.79 Å². The molecular formula is C23H29N5OS. The molecule has 0 saturated heterocycles. The fraction of sp³-hybridized carbons (Fsp3) is 0.565. The third-order valence-electron chi connectivity index (χ3n) is 6.65. The van der Waals surface area contributed by atoms with E-state index in [2.05, 4.69) is 25.1 Å². The Morgan fingerprint density at radius 2 is 1.63 bits per heavy atom. The minimum atomic E-state index is 0.249. The lowest BCUT2D eigenvalue weighted by Gasteiger charge is -2.41. The SMILES string of the molecule is O=C(CSc1nnc2c(n1)[nH]c1ccccc12)N(C1CCCCC1)C1CCCCC1. The minimum absolute atomic E-state index is 0.249. The van der Waals surface area contributed by atoms with Crippen LogP contribution in [-0.4, -0.2) is 48.8 Å². The van der Waals surface area contributed by atoms with Crippen molar-refractivity contribution in [3.05, 3.63) is 24.3 Å². The summed E-state index contributed by atoms with van der Waals surface area (Å²) in [6.45, 7) is 0. The van der Waals surface area contributed by atoms with Crippen LogP contribution in [0.1, 0.15) is 64.2 Å². The third kappa shape index (κ3) is 4.04. The van der Waals surface area contributed by atoms with Gasteiger partial charge in [0, 0.05) is 23.0 Å². The van der Waals surface area contributed by atoms with Gasteiger partial charge in [-0.2, -0.15) is 0 Å². The molecule has 2 saturated carbocycles. The molecule has 2 aliphatic carbocycles. The van der Waals surface area contributed by atoms with E-state index in [0.29, 0.717) is 23.0 Å². The number of aromatic nitrogens is 4. The molecule has 30 heavy (non-hydrogen) atoms. The van der Waals surface area contributed by atoms with Gasteiger partial charge < -0.3 is 9.88 Å². The number of fused-ring (bicyclic) bond motifs is 3. The molecule has 7 heteroatoms. The van der Waals surface area contributed by atoms with Crippen LogP contribution in [0.15, 0.2) is 29.4 Å². The molecule has 3 aromatic rings. The highest BCUT2D eigenvalue weighted by Crippen LogP contribution is 2.31. The molecule has 2 aromatic heterocycles. The molecule has 1 N–H and O–H groups in total. The van der Waals surface area contributed by atoms with Crippen LogP contribution >= 0.6 is 11.8 Å². The Morgan fingerprint density at radius 1 is 0.967 bits per heavy atom. The summed E-state index contributed by atoms with van der Waals surface area (Å²) in [6, 6.07) is 8.86. The predicted molar refractivity (Wildman–Crippen MR) is 121 cm³/mol. The number of nitrogens with one attached hydrogen (secondary N) is 1. The predicted octanol–water partition coefficient (Wildman–Crippen LogP) is 5.09. The van der Waals surface area contributed by atoms with E-state index in [4.69, 9.17) is 0 Å². The average Bonchev–Trinajstić information content (AvgIpc) is 3.17. The third-order valence-corrected chi connectivity index (χ3v) is 7.47. The summed E-state index contributed by atoms with van der Waals surface area (Å²) in [6.07, 6.45) is 12.2. The van der Waals surface area contributed by atoms with Gasteiger partial charge in [-0.3, -0.25) is 4.79 Å². The summed E-state index contributed by atoms with van der Waals surface area (Å²) in [5.41, 5.74) is 2.53. The Balaban J connectivity index is 1.31. The van der Waals surface area contributed by atoms with E-state index in [1.165, 1.54) is 50.3 Å². The van der Waals surface area contributed by atoms with Crippen LogP contribution in [0.3, 0.4) is 0 Å². The lowest BCUT2D eigenvalue weighted by atomic mass is 9.88. The molecule has 2 heterocycles. The fourth-order valence-corrected chi connectivity index (χ4v) is 5.85. The molecule has 0 bridgehead atoms. The molecule has 0 unspecified atom stereocenters. The van der Waals surface area contributed by atoms with Crippen LogP contribution in [0.2, 0.25) is 0 Å². The first-order valence-electron chi connectivity index (χ1n) is 11.3. The quantitative estimate of drug-likeness (QED) is 0.579. The van der Waals surface area contributed by atoms with Gasteiger partial charge in [0.05, 0.1) is 5.75 Å². The molecular weight excluding hydrogens is 394 g/mol. The number of hydrogen-bond donors (Lipinski definition) is 1. The standard InChI is InChI=1S/C23H29N5OS/c29-20(28(16-9-3-1-4-10-16)17-11-5-2-6-12-17)15-30-23-25-22-21(26-27-23)18-13-7-8-14-19(18)24-22/h7-8,13-14,16-17H,1-6,9-12,15H2,(H,24,25,27). The largest absolute Gasteiger partial charge is 0.338 e. The minimum Gasteiger partial charge on any atom is -0.338 e. The van der Waals surface area contributed by atoms with Gasteiger partial charge in [0.1, 0.15) is 5.52 Å². The normalized spacial score (nSPS) is 18.8. The van der Waals surface area contributed by atoms with Crippen molar-refractivity contribution in [1.29, 1.82) is 0 Å². The van der Waals surface area contributed by atoms with Gasteiger partial charge in [0.25, 0.3) is 0 Å². The van der Waals surface area contributed by atoms with E-state index in [0.717, 1.165) is 47.8 Å². The smallest absolute Gasteiger partial charge is 0.233 e. The Labute approximate surface area is 181 Å². The second kappa shape index (κ2) is 8.92. The first kappa shape index (κ1) is 19.8. The molecule has 158 valence electrons. The monoisotopic (exact) mass is 423 g/mol. The van der Waals surface area contributed by atoms with Gasteiger partial charge >= 0.3 is 0 Å². The highest BCUT2D eigenvalue weighted by molar-refractivity contribution is 7.99. The van der Waals surface area contributed by atoms with Gasteiger partial charge in [-0.05, 0) is 31.7 Å². The number of nitrogens with zero attached hydrogens (tertiary/aromatic N) is 4. The zero-order valence-corrected chi connectivity index (χ0v) is 18.2. The molecule has 2 fully saturated rings. The van der Waals surface area contributed by atoms with E-state index >= 15 is 0 Å². The Kier molecular flexibility index (Phi) is 5.88. The fourth-order valence-electron chi connectivity index (χ4n) is 5.19. The van der Waals surface area contributed by atoms with Crippen LogP contribution in [0.4, 0.5) is 0 Å². The van der Waals surface area contributed by atoms with Crippen molar-refractivity contribution < 1.29 is 4.79 Å². The Bertz CT molecular complexity index is 1000. The van der Waals surface area contributed by atoms with Crippen molar-refractivity contribution in [3.8, 4) is 0 Å². The number of thioether (sulfide) groups is 1. The van der Waals surface area contributed by atoms with Crippen molar-refractivity contribution >= 4 is 39.7 Å². The number of amides is 1. The second-order valence-electron chi connectivity index (χ2n) is 8.64. The maximum Gasteiger partial charge on any atom is 0.233 e. The number of rotatable bonds is 5. The number of carbonyl (C=O) groups excluding carboxylic acids is 1. The van der Waals surface area contributed by atoms with Gasteiger partial charge in [0.2, 0.25) is 11.1 Å². The summed E-state index contributed by atoms with van der Waals surface area (Å²) >= 11 is 1.41. The lowest BCUT2D eigenvalue weighted by molar-refractivity contribution is -0.135. The highest BCUT2D eigenvalue weighted by atomic mass is 32.2. The number of para-hydroxylation sites is 1. The molecule has 5 rings (SSSR count). The van der Waals surface area contributed by atoms with E-state index in [1.54, 1.807) is 0 Å².